The molecule has 0 spiro atoms. The third kappa shape index (κ3) is 3.36. The van der Waals surface area contributed by atoms with Crippen LogP contribution in [0.3, 0.4) is 0 Å². The summed E-state index contributed by atoms with van der Waals surface area (Å²) in [4.78, 5) is 4.54. The Morgan fingerprint density at radius 2 is 2.19 bits per heavy atom. The predicted molar refractivity (Wildman–Crippen MR) is 79.8 cm³/mol. The van der Waals surface area contributed by atoms with Gasteiger partial charge in [0.05, 0.1) is 12.6 Å². The molecular weight excluding hydrogens is 266 g/mol. The monoisotopic (exact) mass is 289 g/mol. The summed E-state index contributed by atoms with van der Waals surface area (Å²) in [5, 5.41) is 3.63. The van der Waals surface area contributed by atoms with E-state index < -0.39 is 0 Å². The van der Waals surface area contributed by atoms with Crippen LogP contribution in [0.25, 0.3) is 0 Å². The first-order valence-corrected chi connectivity index (χ1v) is 7.57. The zero-order chi connectivity index (χ0) is 14.7. The van der Waals surface area contributed by atoms with Crippen molar-refractivity contribution in [3.63, 3.8) is 0 Å². The highest BCUT2D eigenvalue weighted by atomic mass is 16.5. The molecule has 21 heavy (non-hydrogen) atoms. The Kier molecular flexibility index (Phi) is 4.41. The van der Waals surface area contributed by atoms with Crippen LogP contribution in [-0.4, -0.2) is 22.8 Å². The lowest BCUT2D eigenvalue weighted by Crippen LogP contribution is -2.33. The first-order chi connectivity index (χ1) is 10.2. The summed E-state index contributed by atoms with van der Waals surface area (Å²) in [6.07, 6.45) is 6.00. The molecule has 114 valence electrons. The molecule has 3 rings (SSSR count). The number of hydrogen-bond donors (Lipinski definition) is 1. The van der Waals surface area contributed by atoms with E-state index in [4.69, 9.17) is 9.15 Å². The molecule has 2 aromatic heterocycles. The molecule has 0 radical (unpaired) electrons. The SMILES string of the molecule is Cc1ccc(CNC(c2nccn2C)C2CCOCC2)o1. The quantitative estimate of drug-likeness (QED) is 0.919. The Labute approximate surface area is 125 Å². The van der Waals surface area contributed by atoms with Crippen molar-refractivity contribution in [2.75, 3.05) is 13.2 Å². The Balaban J connectivity index is 1.73. The average Bonchev–Trinajstić information content (AvgIpc) is 3.10. The molecule has 1 atom stereocenters. The molecule has 5 heteroatoms. The second-order valence-corrected chi connectivity index (χ2v) is 5.72. The summed E-state index contributed by atoms with van der Waals surface area (Å²) in [6.45, 7) is 4.38. The number of nitrogens with one attached hydrogen (secondary N) is 1. The van der Waals surface area contributed by atoms with Crippen molar-refractivity contribution in [1.82, 2.24) is 14.9 Å². The van der Waals surface area contributed by atoms with Gasteiger partial charge in [0.2, 0.25) is 0 Å². The van der Waals surface area contributed by atoms with E-state index in [-0.39, 0.29) is 6.04 Å². The van der Waals surface area contributed by atoms with Crippen molar-refractivity contribution < 1.29 is 9.15 Å². The number of rotatable bonds is 5. The van der Waals surface area contributed by atoms with Crippen LogP contribution in [0.5, 0.6) is 0 Å². The van der Waals surface area contributed by atoms with Crippen LogP contribution < -0.4 is 5.32 Å². The fourth-order valence-corrected chi connectivity index (χ4v) is 2.99. The maximum atomic E-state index is 5.65. The van der Waals surface area contributed by atoms with Crippen LogP contribution in [0, 0.1) is 12.8 Å². The molecule has 1 fully saturated rings. The molecule has 2 aromatic rings. The van der Waals surface area contributed by atoms with E-state index >= 15 is 0 Å². The van der Waals surface area contributed by atoms with E-state index in [0.717, 1.165) is 49.9 Å². The summed E-state index contributed by atoms with van der Waals surface area (Å²) >= 11 is 0. The lowest BCUT2D eigenvalue weighted by molar-refractivity contribution is 0.0515. The van der Waals surface area contributed by atoms with E-state index in [9.17, 15) is 0 Å². The Hall–Kier alpha value is -1.59. The van der Waals surface area contributed by atoms with Gasteiger partial charge in [-0.2, -0.15) is 0 Å². The zero-order valence-corrected chi connectivity index (χ0v) is 12.7. The maximum Gasteiger partial charge on any atom is 0.125 e. The van der Waals surface area contributed by atoms with Gasteiger partial charge in [-0.25, -0.2) is 4.98 Å². The van der Waals surface area contributed by atoms with Crippen molar-refractivity contribution >= 4 is 0 Å². The molecule has 0 aromatic carbocycles. The molecule has 1 aliphatic rings. The Morgan fingerprint density at radius 3 is 2.81 bits per heavy atom. The Morgan fingerprint density at radius 1 is 1.38 bits per heavy atom. The topological polar surface area (TPSA) is 52.2 Å². The molecule has 1 N–H and O–H groups in total. The molecule has 5 nitrogen and oxygen atoms in total. The van der Waals surface area contributed by atoms with Gasteiger partial charge in [0, 0.05) is 32.7 Å². The summed E-state index contributed by atoms with van der Waals surface area (Å²) in [5.41, 5.74) is 0. The smallest absolute Gasteiger partial charge is 0.125 e. The first-order valence-electron chi connectivity index (χ1n) is 7.57. The number of hydrogen-bond acceptors (Lipinski definition) is 4. The van der Waals surface area contributed by atoms with Crippen LogP contribution in [0.15, 0.2) is 28.9 Å². The summed E-state index contributed by atoms with van der Waals surface area (Å²) in [5.74, 6) is 3.56. The molecule has 0 bridgehead atoms. The first kappa shape index (κ1) is 14.4. The highest BCUT2D eigenvalue weighted by molar-refractivity contribution is 5.07. The molecule has 0 aliphatic carbocycles. The van der Waals surface area contributed by atoms with E-state index in [2.05, 4.69) is 14.9 Å². The van der Waals surface area contributed by atoms with Gasteiger partial charge >= 0.3 is 0 Å². The third-order valence-electron chi connectivity index (χ3n) is 4.17. The number of aromatic nitrogens is 2. The summed E-state index contributed by atoms with van der Waals surface area (Å²) in [6, 6.07) is 4.27. The molecule has 3 heterocycles. The minimum atomic E-state index is 0.235. The summed E-state index contributed by atoms with van der Waals surface area (Å²) in [7, 11) is 2.05. The number of ether oxygens (including phenoxy) is 1. The predicted octanol–water partition coefficient (Wildman–Crippen LogP) is 2.58. The molecule has 1 saturated heterocycles. The molecule has 0 amide bonds. The van der Waals surface area contributed by atoms with Gasteiger partial charge in [-0.15, -0.1) is 0 Å². The second-order valence-electron chi connectivity index (χ2n) is 5.72. The van der Waals surface area contributed by atoms with Crippen LogP contribution in [0.4, 0.5) is 0 Å². The Bertz CT molecular complexity index is 570. The lowest BCUT2D eigenvalue weighted by Gasteiger charge is -2.30. The highest BCUT2D eigenvalue weighted by Gasteiger charge is 2.28. The van der Waals surface area contributed by atoms with Gasteiger partial charge in [-0.05, 0) is 37.8 Å². The van der Waals surface area contributed by atoms with Gasteiger partial charge in [-0.3, -0.25) is 0 Å². The molecule has 1 unspecified atom stereocenters. The van der Waals surface area contributed by atoms with Crippen molar-refractivity contribution in [3.05, 3.63) is 41.9 Å². The van der Waals surface area contributed by atoms with Crippen LogP contribution in [0.1, 0.15) is 36.2 Å². The van der Waals surface area contributed by atoms with Crippen molar-refractivity contribution in [1.29, 1.82) is 0 Å². The van der Waals surface area contributed by atoms with Crippen molar-refractivity contribution in [2.24, 2.45) is 13.0 Å². The van der Waals surface area contributed by atoms with E-state index in [1.54, 1.807) is 0 Å². The van der Waals surface area contributed by atoms with Crippen molar-refractivity contribution in [3.8, 4) is 0 Å². The number of aryl methyl sites for hydroxylation is 2. The van der Waals surface area contributed by atoms with Gasteiger partial charge < -0.3 is 19.0 Å². The van der Waals surface area contributed by atoms with Gasteiger partial charge in [0.15, 0.2) is 0 Å². The van der Waals surface area contributed by atoms with E-state index in [1.807, 2.05) is 38.5 Å². The van der Waals surface area contributed by atoms with E-state index in [1.165, 1.54) is 0 Å². The van der Waals surface area contributed by atoms with Crippen LogP contribution in [-0.2, 0) is 18.3 Å². The van der Waals surface area contributed by atoms with Crippen LogP contribution in [0.2, 0.25) is 0 Å². The van der Waals surface area contributed by atoms with Crippen LogP contribution >= 0.6 is 0 Å². The average molecular weight is 289 g/mol. The van der Waals surface area contributed by atoms with Gasteiger partial charge in [-0.1, -0.05) is 0 Å². The standard InChI is InChI=1S/C16H23N3O2/c1-12-3-4-14(21-12)11-18-15(13-5-9-20-10-6-13)16-17-7-8-19(16)2/h3-4,7-8,13,15,18H,5-6,9-11H2,1-2H3. The minimum Gasteiger partial charge on any atom is -0.465 e. The largest absolute Gasteiger partial charge is 0.465 e. The minimum absolute atomic E-state index is 0.235. The number of nitrogens with zero attached hydrogens (tertiary/aromatic N) is 2. The third-order valence-corrected chi connectivity index (χ3v) is 4.17. The number of imidazole rings is 1. The fourth-order valence-electron chi connectivity index (χ4n) is 2.99. The second kappa shape index (κ2) is 6.45. The van der Waals surface area contributed by atoms with Gasteiger partial charge in [0.1, 0.15) is 17.3 Å². The van der Waals surface area contributed by atoms with E-state index in [0.29, 0.717) is 5.92 Å². The lowest BCUT2D eigenvalue weighted by atomic mass is 9.91. The zero-order valence-electron chi connectivity index (χ0n) is 12.7. The normalized spacial score (nSPS) is 18.0. The molecular formula is C16H23N3O2. The number of furan rings is 1. The molecule has 1 aliphatic heterocycles. The molecule has 0 saturated carbocycles. The fraction of sp³-hybridized carbons (Fsp3) is 0.562. The highest BCUT2D eigenvalue weighted by Crippen LogP contribution is 2.29. The summed E-state index contributed by atoms with van der Waals surface area (Å²) < 4.78 is 13.2. The van der Waals surface area contributed by atoms with Gasteiger partial charge in [0.25, 0.3) is 0 Å². The maximum absolute atomic E-state index is 5.65. The van der Waals surface area contributed by atoms with Crippen molar-refractivity contribution in [2.45, 2.75) is 32.4 Å².